The van der Waals surface area contributed by atoms with E-state index in [1.807, 2.05) is 13.0 Å². The minimum Gasteiger partial charge on any atom is -0.350 e. The Kier molecular flexibility index (Phi) is 7.43. The average molecular weight is 254 g/mol. The summed E-state index contributed by atoms with van der Waals surface area (Å²) in [4.78, 5) is 9.69. The van der Waals surface area contributed by atoms with Gasteiger partial charge in [0.05, 0.1) is 6.10 Å². The average Bonchev–Trinajstić information content (AvgIpc) is 2.36. The van der Waals surface area contributed by atoms with Crippen LogP contribution in [0.4, 0.5) is 0 Å². The van der Waals surface area contributed by atoms with Crippen molar-refractivity contribution < 1.29 is 9.42 Å². The van der Waals surface area contributed by atoms with Crippen molar-refractivity contribution in [1.29, 1.82) is 0 Å². The van der Waals surface area contributed by atoms with E-state index in [1.165, 1.54) is 5.56 Å². The Morgan fingerprint density at radius 1 is 1.24 bits per heavy atom. The third-order valence-corrected chi connectivity index (χ3v) is 4.09. The predicted molar refractivity (Wildman–Crippen MR) is 74.2 cm³/mol. The van der Waals surface area contributed by atoms with Crippen molar-refractivity contribution in [2.75, 3.05) is 6.16 Å². The quantitative estimate of drug-likeness (QED) is 0.558. The Balaban J connectivity index is 2.08. The van der Waals surface area contributed by atoms with E-state index >= 15 is 0 Å². The molecule has 1 aromatic rings. The zero-order valence-electron chi connectivity index (χ0n) is 10.8. The molecule has 1 rings (SSSR count). The minimum absolute atomic E-state index is 0.181. The van der Waals surface area contributed by atoms with Crippen molar-refractivity contribution in [3.05, 3.63) is 35.9 Å². The second kappa shape index (κ2) is 8.63. The molecule has 0 bridgehead atoms. The fourth-order valence-electron chi connectivity index (χ4n) is 1.56. The fourth-order valence-corrected chi connectivity index (χ4v) is 2.72. The van der Waals surface area contributed by atoms with Gasteiger partial charge < -0.3 is 9.42 Å². The minimum atomic E-state index is -1.21. The monoisotopic (exact) mass is 254 g/mol. The van der Waals surface area contributed by atoms with Gasteiger partial charge >= 0.3 is 0 Å². The van der Waals surface area contributed by atoms with Crippen molar-refractivity contribution in [2.24, 2.45) is 0 Å². The summed E-state index contributed by atoms with van der Waals surface area (Å²) >= 11 is 0. The molecule has 0 aliphatic heterocycles. The normalized spacial score (nSPS) is 14.5. The number of hydrogen-bond acceptors (Lipinski definition) is 2. The lowest BCUT2D eigenvalue weighted by molar-refractivity contribution is 0.216. The molecule has 0 aromatic heterocycles. The molecular weight excluding hydrogens is 231 g/mol. The molecule has 17 heavy (non-hydrogen) atoms. The molecule has 96 valence electrons. The van der Waals surface area contributed by atoms with Gasteiger partial charge in [-0.2, -0.15) is 0 Å². The van der Waals surface area contributed by atoms with E-state index in [0.717, 1.165) is 31.8 Å². The zero-order chi connectivity index (χ0) is 12.5. The molecule has 2 unspecified atom stereocenters. The van der Waals surface area contributed by atoms with Crippen LogP contribution in [0.1, 0.15) is 38.7 Å². The van der Waals surface area contributed by atoms with Crippen molar-refractivity contribution >= 4 is 8.38 Å². The maximum Gasteiger partial charge on any atom is 0.167 e. The molecule has 0 aliphatic carbocycles. The molecular formula is C14H23O2P. The maximum atomic E-state index is 9.69. The summed E-state index contributed by atoms with van der Waals surface area (Å²) in [5.74, 6) is 0. The van der Waals surface area contributed by atoms with E-state index in [2.05, 4.69) is 31.2 Å². The lowest BCUT2D eigenvalue weighted by Gasteiger charge is -2.15. The first kappa shape index (κ1) is 14.6. The van der Waals surface area contributed by atoms with Crippen LogP contribution < -0.4 is 0 Å². The number of aryl methyl sites for hydroxylation is 1. The molecule has 0 radical (unpaired) electrons. The summed E-state index contributed by atoms with van der Waals surface area (Å²) in [6.07, 6.45) is 5.18. The van der Waals surface area contributed by atoms with Gasteiger partial charge in [0.15, 0.2) is 8.38 Å². The third kappa shape index (κ3) is 6.78. The van der Waals surface area contributed by atoms with Crippen molar-refractivity contribution in [1.82, 2.24) is 0 Å². The highest BCUT2D eigenvalue weighted by Gasteiger charge is 2.08. The standard InChI is InChI=1S/C14H23O2P/c1-3-13(2)16-17(15)12-8-7-11-14-9-5-4-6-10-14/h4-6,9-10,13,15H,3,7-8,11-12H2,1-2H3. The Bertz CT molecular complexity index is 290. The zero-order valence-corrected chi connectivity index (χ0v) is 11.7. The molecule has 0 fully saturated rings. The van der Waals surface area contributed by atoms with Crippen molar-refractivity contribution in [3.8, 4) is 0 Å². The van der Waals surface area contributed by atoms with Gasteiger partial charge in [0.25, 0.3) is 0 Å². The van der Waals surface area contributed by atoms with Gasteiger partial charge in [-0.25, -0.2) is 0 Å². The summed E-state index contributed by atoms with van der Waals surface area (Å²) in [7, 11) is -1.21. The molecule has 0 aliphatic rings. The SMILES string of the molecule is CCC(C)OP(O)CCCCc1ccccc1. The fraction of sp³-hybridized carbons (Fsp3) is 0.571. The number of rotatable bonds is 8. The van der Waals surface area contributed by atoms with Gasteiger partial charge in [-0.3, -0.25) is 0 Å². The number of benzene rings is 1. The van der Waals surface area contributed by atoms with E-state index < -0.39 is 8.38 Å². The van der Waals surface area contributed by atoms with Crippen LogP contribution in [0.15, 0.2) is 30.3 Å². The molecule has 3 heteroatoms. The van der Waals surface area contributed by atoms with Crippen LogP contribution in [0, 0.1) is 0 Å². The molecule has 0 spiro atoms. The Hall–Kier alpha value is -0.430. The van der Waals surface area contributed by atoms with Crippen molar-refractivity contribution in [3.63, 3.8) is 0 Å². The van der Waals surface area contributed by atoms with Crippen LogP contribution in [-0.4, -0.2) is 17.2 Å². The molecule has 0 heterocycles. The highest BCUT2D eigenvalue weighted by Crippen LogP contribution is 2.34. The van der Waals surface area contributed by atoms with Crippen molar-refractivity contribution in [2.45, 2.75) is 45.6 Å². The van der Waals surface area contributed by atoms with Gasteiger partial charge in [-0.1, -0.05) is 37.3 Å². The second-order valence-corrected chi connectivity index (χ2v) is 5.71. The van der Waals surface area contributed by atoms with Crippen LogP contribution in [0.5, 0.6) is 0 Å². The van der Waals surface area contributed by atoms with Gasteiger partial charge in [-0.05, 0) is 38.2 Å². The largest absolute Gasteiger partial charge is 0.350 e. The lowest BCUT2D eigenvalue weighted by Crippen LogP contribution is -2.03. The molecule has 0 saturated heterocycles. The molecule has 1 N–H and O–H groups in total. The van der Waals surface area contributed by atoms with Crippen LogP contribution in [0.3, 0.4) is 0 Å². The summed E-state index contributed by atoms with van der Waals surface area (Å²) < 4.78 is 5.47. The van der Waals surface area contributed by atoms with Gasteiger partial charge in [0.2, 0.25) is 0 Å². The first-order valence-electron chi connectivity index (χ1n) is 6.39. The highest BCUT2D eigenvalue weighted by molar-refractivity contribution is 7.46. The molecule has 0 saturated carbocycles. The van der Waals surface area contributed by atoms with E-state index in [4.69, 9.17) is 4.52 Å². The number of unbranched alkanes of at least 4 members (excludes halogenated alkanes) is 1. The Morgan fingerprint density at radius 2 is 1.94 bits per heavy atom. The second-order valence-electron chi connectivity index (χ2n) is 4.34. The van der Waals surface area contributed by atoms with E-state index in [-0.39, 0.29) is 6.10 Å². The van der Waals surface area contributed by atoms with Crippen LogP contribution in [0.25, 0.3) is 0 Å². The first-order chi connectivity index (χ1) is 8.22. The molecule has 2 atom stereocenters. The topological polar surface area (TPSA) is 29.5 Å². The number of hydrogen-bond donors (Lipinski definition) is 1. The van der Waals surface area contributed by atoms with Gasteiger partial charge in [-0.15, -0.1) is 0 Å². The third-order valence-electron chi connectivity index (χ3n) is 2.78. The van der Waals surface area contributed by atoms with Crippen LogP contribution in [0.2, 0.25) is 0 Å². The van der Waals surface area contributed by atoms with Gasteiger partial charge in [0, 0.05) is 6.16 Å². The highest BCUT2D eigenvalue weighted by atomic mass is 31.2. The summed E-state index contributed by atoms with van der Waals surface area (Å²) in [5, 5.41) is 0. The predicted octanol–water partition coefficient (Wildman–Crippen LogP) is 4.13. The summed E-state index contributed by atoms with van der Waals surface area (Å²) in [6, 6.07) is 10.5. The Morgan fingerprint density at radius 3 is 2.59 bits per heavy atom. The molecule has 1 aromatic carbocycles. The van der Waals surface area contributed by atoms with Crippen LogP contribution >= 0.6 is 8.38 Å². The first-order valence-corrected chi connectivity index (χ1v) is 7.79. The molecule has 2 nitrogen and oxygen atoms in total. The maximum absolute atomic E-state index is 9.69. The summed E-state index contributed by atoms with van der Waals surface area (Å²) in [5.41, 5.74) is 1.37. The van der Waals surface area contributed by atoms with Crippen LogP contribution in [-0.2, 0) is 10.9 Å². The Labute approximate surface area is 106 Å². The van der Waals surface area contributed by atoms with Gasteiger partial charge in [0.1, 0.15) is 0 Å². The smallest absolute Gasteiger partial charge is 0.167 e. The van der Waals surface area contributed by atoms with E-state index in [0.29, 0.717) is 0 Å². The molecule has 0 amide bonds. The lowest BCUT2D eigenvalue weighted by atomic mass is 10.1. The van der Waals surface area contributed by atoms with E-state index in [9.17, 15) is 4.89 Å². The van der Waals surface area contributed by atoms with E-state index in [1.54, 1.807) is 0 Å². The summed E-state index contributed by atoms with van der Waals surface area (Å²) in [6.45, 7) is 4.08.